The van der Waals surface area contributed by atoms with Crippen LogP contribution in [0.15, 0.2) is 0 Å². The molecule has 0 amide bonds. The molecule has 0 aliphatic carbocycles. The van der Waals surface area contributed by atoms with E-state index in [9.17, 15) is 4.79 Å². The standard InChI is InChI=1S/C14H28O4/c1-2-3-4-5-6-7-8-9-10-11-14(16)18-17-13-12-15/h15H,2-13H2,1H3. The van der Waals surface area contributed by atoms with Gasteiger partial charge in [-0.2, -0.15) is 4.89 Å². The van der Waals surface area contributed by atoms with Gasteiger partial charge in [0.1, 0.15) is 6.61 Å². The molecule has 0 aromatic carbocycles. The number of carbonyl (C=O) groups excluding carboxylic acids is 1. The minimum absolute atomic E-state index is 0.0451. The Morgan fingerprint density at radius 2 is 1.50 bits per heavy atom. The zero-order valence-electron chi connectivity index (χ0n) is 11.7. The van der Waals surface area contributed by atoms with Gasteiger partial charge in [0, 0.05) is 6.42 Å². The number of unbranched alkanes of at least 4 members (excludes halogenated alkanes) is 8. The van der Waals surface area contributed by atoms with Crippen molar-refractivity contribution < 1.29 is 19.7 Å². The molecule has 0 aromatic rings. The van der Waals surface area contributed by atoms with Crippen molar-refractivity contribution in [2.75, 3.05) is 13.2 Å². The van der Waals surface area contributed by atoms with E-state index in [2.05, 4.69) is 16.7 Å². The Balaban J connectivity index is 3.08. The second kappa shape index (κ2) is 14.5. The molecule has 0 atom stereocenters. The maximum Gasteiger partial charge on any atom is 0.342 e. The second-order valence-electron chi connectivity index (χ2n) is 4.58. The minimum Gasteiger partial charge on any atom is -0.394 e. The van der Waals surface area contributed by atoms with Crippen LogP contribution in [0.25, 0.3) is 0 Å². The summed E-state index contributed by atoms with van der Waals surface area (Å²) in [5.74, 6) is -0.341. The Morgan fingerprint density at radius 3 is 2.06 bits per heavy atom. The molecule has 0 spiro atoms. The fourth-order valence-electron chi connectivity index (χ4n) is 1.77. The lowest BCUT2D eigenvalue weighted by atomic mass is 10.1. The lowest BCUT2D eigenvalue weighted by Crippen LogP contribution is -2.07. The molecule has 1 N–H and O–H groups in total. The smallest absolute Gasteiger partial charge is 0.342 e. The second-order valence-corrected chi connectivity index (χ2v) is 4.58. The van der Waals surface area contributed by atoms with E-state index in [1.165, 1.54) is 44.9 Å². The fourth-order valence-corrected chi connectivity index (χ4v) is 1.77. The molecule has 4 nitrogen and oxygen atoms in total. The van der Waals surface area contributed by atoms with E-state index >= 15 is 0 Å². The van der Waals surface area contributed by atoms with Gasteiger partial charge in [-0.1, -0.05) is 58.3 Å². The summed E-state index contributed by atoms with van der Waals surface area (Å²) in [4.78, 5) is 20.0. The average Bonchev–Trinajstić information content (AvgIpc) is 2.37. The van der Waals surface area contributed by atoms with E-state index in [4.69, 9.17) is 5.11 Å². The highest BCUT2D eigenvalue weighted by Gasteiger charge is 2.03. The lowest BCUT2D eigenvalue weighted by Gasteiger charge is -2.03. The molecule has 0 rings (SSSR count). The predicted octanol–water partition coefficient (Wildman–Crippen LogP) is 3.37. The third-order valence-electron chi connectivity index (χ3n) is 2.81. The van der Waals surface area contributed by atoms with Crippen molar-refractivity contribution in [3.8, 4) is 0 Å². The Bertz CT molecular complexity index is 183. The molecule has 0 saturated heterocycles. The molecule has 18 heavy (non-hydrogen) atoms. The van der Waals surface area contributed by atoms with Crippen molar-refractivity contribution in [2.45, 2.75) is 71.1 Å². The van der Waals surface area contributed by atoms with Crippen LogP contribution >= 0.6 is 0 Å². The number of carbonyl (C=O) groups is 1. The average molecular weight is 260 g/mol. The van der Waals surface area contributed by atoms with Gasteiger partial charge in [-0.3, -0.25) is 4.89 Å². The van der Waals surface area contributed by atoms with Gasteiger partial charge >= 0.3 is 5.97 Å². The van der Waals surface area contributed by atoms with Crippen LogP contribution in [0.2, 0.25) is 0 Å². The minimum atomic E-state index is -0.341. The van der Waals surface area contributed by atoms with Crippen LogP contribution in [-0.2, 0) is 14.6 Å². The monoisotopic (exact) mass is 260 g/mol. The van der Waals surface area contributed by atoms with Crippen molar-refractivity contribution in [3.63, 3.8) is 0 Å². The largest absolute Gasteiger partial charge is 0.394 e. The first-order chi connectivity index (χ1) is 8.81. The number of rotatable bonds is 13. The van der Waals surface area contributed by atoms with E-state index in [0.29, 0.717) is 6.42 Å². The molecule has 0 aromatic heterocycles. The summed E-state index contributed by atoms with van der Waals surface area (Å²) in [7, 11) is 0. The van der Waals surface area contributed by atoms with Gasteiger partial charge in [0.2, 0.25) is 0 Å². The Hall–Kier alpha value is -0.610. The van der Waals surface area contributed by atoms with E-state index < -0.39 is 0 Å². The highest BCUT2D eigenvalue weighted by atomic mass is 17.2. The first-order valence-corrected chi connectivity index (χ1v) is 7.24. The SMILES string of the molecule is CCCCCCCCCCCC(=O)OOCCO. The van der Waals surface area contributed by atoms with Crippen LogP contribution in [0.4, 0.5) is 0 Å². The first kappa shape index (κ1) is 17.4. The molecule has 0 bridgehead atoms. The lowest BCUT2D eigenvalue weighted by molar-refractivity contribution is -0.275. The third kappa shape index (κ3) is 13.5. The number of hydrogen-bond acceptors (Lipinski definition) is 4. The van der Waals surface area contributed by atoms with Crippen molar-refractivity contribution in [2.24, 2.45) is 0 Å². The molecular weight excluding hydrogens is 232 g/mol. The molecular formula is C14H28O4. The summed E-state index contributed by atoms with van der Waals surface area (Å²) >= 11 is 0. The van der Waals surface area contributed by atoms with E-state index in [0.717, 1.165) is 12.8 Å². The van der Waals surface area contributed by atoms with Crippen molar-refractivity contribution in [3.05, 3.63) is 0 Å². The highest BCUT2D eigenvalue weighted by molar-refractivity contribution is 5.68. The summed E-state index contributed by atoms with van der Waals surface area (Å²) in [5.41, 5.74) is 0. The predicted molar refractivity (Wildman–Crippen MR) is 71.0 cm³/mol. The normalized spacial score (nSPS) is 10.6. The van der Waals surface area contributed by atoms with Gasteiger partial charge in [-0.25, -0.2) is 4.79 Å². The molecule has 108 valence electrons. The van der Waals surface area contributed by atoms with Crippen molar-refractivity contribution >= 4 is 5.97 Å². The van der Waals surface area contributed by atoms with Gasteiger partial charge in [0.05, 0.1) is 6.61 Å². The quantitative estimate of drug-likeness (QED) is 0.313. The number of aliphatic hydroxyl groups excluding tert-OH is 1. The van der Waals surface area contributed by atoms with Crippen LogP contribution in [-0.4, -0.2) is 24.3 Å². The van der Waals surface area contributed by atoms with Gasteiger partial charge in [-0.05, 0) is 6.42 Å². The van der Waals surface area contributed by atoms with E-state index in [1.54, 1.807) is 0 Å². The Kier molecular flexibility index (Phi) is 14.0. The zero-order chi connectivity index (χ0) is 13.5. The molecule has 0 heterocycles. The number of aliphatic hydroxyl groups is 1. The highest BCUT2D eigenvalue weighted by Crippen LogP contribution is 2.10. The first-order valence-electron chi connectivity index (χ1n) is 7.24. The molecule has 4 heteroatoms. The molecule has 0 unspecified atom stereocenters. The van der Waals surface area contributed by atoms with E-state index in [1.807, 2.05) is 0 Å². The molecule has 0 aliphatic rings. The molecule has 0 saturated carbocycles. The van der Waals surface area contributed by atoms with Crippen LogP contribution in [0.5, 0.6) is 0 Å². The van der Waals surface area contributed by atoms with Crippen LogP contribution < -0.4 is 0 Å². The van der Waals surface area contributed by atoms with Crippen LogP contribution in [0.1, 0.15) is 71.1 Å². The van der Waals surface area contributed by atoms with Gasteiger partial charge in [0.15, 0.2) is 0 Å². The van der Waals surface area contributed by atoms with Crippen LogP contribution in [0.3, 0.4) is 0 Å². The molecule has 0 fully saturated rings. The summed E-state index contributed by atoms with van der Waals surface area (Å²) in [6.07, 6.45) is 11.4. The Labute approximate surface area is 111 Å². The third-order valence-corrected chi connectivity index (χ3v) is 2.81. The van der Waals surface area contributed by atoms with Crippen molar-refractivity contribution in [1.29, 1.82) is 0 Å². The summed E-state index contributed by atoms with van der Waals surface area (Å²) < 4.78 is 0. The molecule has 0 aliphatic heterocycles. The number of hydrogen-bond donors (Lipinski definition) is 1. The summed E-state index contributed by atoms with van der Waals surface area (Å²) in [6, 6.07) is 0. The van der Waals surface area contributed by atoms with Gasteiger partial charge in [-0.15, -0.1) is 0 Å². The maximum absolute atomic E-state index is 11.1. The Morgan fingerprint density at radius 1 is 0.944 bits per heavy atom. The van der Waals surface area contributed by atoms with E-state index in [-0.39, 0.29) is 19.2 Å². The fraction of sp³-hybridized carbons (Fsp3) is 0.929. The van der Waals surface area contributed by atoms with Crippen LogP contribution in [0, 0.1) is 0 Å². The summed E-state index contributed by atoms with van der Waals surface area (Å²) in [6.45, 7) is 2.14. The topological polar surface area (TPSA) is 55.8 Å². The van der Waals surface area contributed by atoms with Gasteiger partial charge < -0.3 is 5.11 Å². The maximum atomic E-state index is 11.1. The summed E-state index contributed by atoms with van der Waals surface area (Å²) in [5, 5.41) is 8.41. The van der Waals surface area contributed by atoms with Crippen molar-refractivity contribution in [1.82, 2.24) is 0 Å². The zero-order valence-corrected chi connectivity index (χ0v) is 11.7. The van der Waals surface area contributed by atoms with Gasteiger partial charge in [0.25, 0.3) is 0 Å². The molecule has 0 radical (unpaired) electrons.